The Morgan fingerprint density at radius 2 is 1.83 bits per heavy atom. The van der Waals surface area contributed by atoms with Gasteiger partial charge in [-0.05, 0) is 25.1 Å². The molecule has 0 N–H and O–H groups in total. The number of benzene rings is 1. The van der Waals surface area contributed by atoms with Crippen molar-refractivity contribution < 1.29 is 46.1 Å². The van der Waals surface area contributed by atoms with Gasteiger partial charge in [0.05, 0.1) is 30.4 Å². The third kappa shape index (κ3) is 7.31. The van der Waals surface area contributed by atoms with Crippen molar-refractivity contribution >= 4 is 35.4 Å². The number of ether oxygens (including phenoxy) is 4. The molecule has 0 atom stereocenters. The van der Waals surface area contributed by atoms with E-state index in [2.05, 4.69) is 9.47 Å². The summed E-state index contributed by atoms with van der Waals surface area (Å²) >= 11 is 0.815. The van der Waals surface area contributed by atoms with Gasteiger partial charge >= 0.3 is 19.2 Å². The van der Waals surface area contributed by atoms with Gasteiger partial charge < -0.3 is 23.8 Å². The van der Waals surface area contributed by atoms with Crippen LogP contribution in [0.3, 0.4) is 0 Å². The number of alkyl halides is 4. The van der Waals surface area contributed by atoms with Crippen LogP contribution in [-0.4, -0.2) is 67.5 Å². The van der Waals surface area contributed by atoms with Crippen LogP contribution >= 0.6 is 11.3 Å². The Bertz CT molecular complexity index is 1260. The van der Waals surface area contributed by atoms with Gasteiger partial charge in [0.25, 0.3) is 5.56 Å². The molecule has 0 bridgehead atoms. The van der Waals surface area contributed by atoms with Gasteiger partial charge in [-0.1, -0.05) is 0 Å². The molecule has 196 valence electrons. The first-order valence-corrected chi connectivity index (χ1v) is 11.5. The van der Waals surface area contributed by atoms with Gasteiger partial charge in [0.2, 0.25) is 5.91 Å². The Kier molecular flexibility index (Phi) is 9.47. The van der Waals surface area contributed by atoms with E-state index in [-0.39, 0.29) is 33.8 Å². The molecule has 0 saturated carbocycles. The average molecular weight is 534 g/mol. The number of nitrogens with zero attached hydrogens (tertiary/aromatic N) is 2. The van der Waals surface area contributed by atoms with E-state index in [1.165, 1.54) is 11.0 Å². The minimum Gasteiger partial charge on any atom is -0.463 e. The lowest BCUT2D eigenvalue weighted by molar-refractivity contribution is -0.136. The third-order valence-corrected chi connectivity index (χ3v) is 5.89. The lowest BCUT2D eigenvalue weighted by atomic mass is 10.2. The first-order valence-electron chi connectivity index (χ1n) is 10.7. The summed E-state index contributed by atoms with van der Waals surface area (Å²) < 4.78 is 70.8. The van der Waals surface area contributed by atoms with E-state index in [1.54, 1.807) is 6.92 Å². The molecule has 0 aliphatic carbocycles. The fourth-order valence-corrected chi connectivity index (χ4v) is 4.30. The molecule has 36 heavy (non-hydrogen) atoms. The highest BCUT2D eigenvalue weighted by Crippen LogP contribution is 2.28. The molecule has 0 unspecified atom stereocenters. The Labute approximate surface area is 205 Å². The zero-order valence-corrected chi connectivity index (χ0v) is 19.8. The van der Waals surface area contributed by atoms with Crippen LogP contribution < -0.4 is 24.2 Å². The summed E-state index contributed by atoms with van der Waals surface area (Å²) in [6.45, 7) is -3.78. The normalized spacial score (nSPS) is 15.0. The van der Waals surface area contributed by atoms with Crippen molar-refractivity contribution in [3.05, 3.63) is 43.3 Å². The minimum absolute atomic E-state index is 0.0260. The lowest BCUT2D eigenvalue weighted by Crippen LogP contribution is -2.45. The van der Waals surface area contributed by atoms with Crippen LogP contribution in [0.25, 0.3) is 12.2 Å². The maximum Gasteiger partial charge on any atom is 0.387 e. The van der Waals surface area contributed by atoms with Crippen LogP contribution in [0.15, 0.2) is 23.0 Å². The largest absolute Gasteiger partial charge is 0.463 e. The number of carbonyl (C=O) groups is 2. The van der Waals surface area contributed by atoms with E-state index >= 15 is 0 Å². The van der Waals surface area contributed by atoms with Gasteiger partial charge in [-0.25, -0.2) is 4.79 Å². The number of thiazole rings is 1. The number of morpholine rings is 1. The van der Waals surface area contributed by atoms with Crippen molar-refractivity contribution in [1.82, 2.24) is 9.47 Å². The van der Waals surface area contributed by atoms with Gasteiger partial charge in [0, 0.05) is 24.7 Å². The summed E-state index contributed by atoms with van der Waals surface area (Å²) in [5.41, 5.74) is -0.710. The molecule has 2 aromatic rings. The van der Waals surface area contributed by atoms with Crippen molar-refractivity contribution in [2.24, 2.45) is 0 Å². The van der Waals surface area contributed by atoms with Crippen molar-refractivity contribution in [1.29, 1.82) is 0 Å². The van der Waals surface area contributed by atoms with Crippen LogP contribution in [0.5, 0.6) is 11.5 Å². The molecular formula is C22H22F4N2O7S. The fourth-order valence-electron chi connectivity index (χ4n) is 3.27. The van der Waals surface area contributed by atoms with Gasteiger partial charge in [0.15, 0.2) is 0 Å². The SMILES string of the molecule is CCOC(=O)/C=c1/s/c(=C\c2ccc(OC(F)F)cc2OC(F)F)c(=O)n1CC(=O)N1CCOCC1. The first kappa shape index (κ1) is 27.2. The Hall–Kier alpha value is -3.39. The molecule has 1 fully saturated rings. The van der Waals surface area contributed by atoms with E-state index in [9.17, 15) is 31.9 Å². The van der Waals surface area contributed by atoms with E-state index in [4.69, 9.17) is 9.47 Å². The standard InChI is InChI=1S/C22H22F4N2O7S/c1-2-33-19(30)11-18-28(12-17(29)27-5-7-32-8-6-27)20(31)16(36-18)9-13-3-4-14(34-21(23)24)10-15(13)35-22(25)26/h3-4,9-11,21-22H,2,5-8,12H2,1H3/b16-9-,18-11+. The summed E-state index contributed by atoms with van der Waals surface area (Å²) in [5.74, 6) is -2.05. The Morgan fingerprint density at radius 3 is 2.47 bits per heavy atom. The number of hydrogen-bond donors (Lipinski definition) is 0. The van der Waals surface area contributed by atoms with Crippen molar-refractivity contribution in [3.63, 3.8) is 0 Å². The van der Waals surface area contributed by atoms with E-state index in [0.29, 0.717) is 26.3 Å². The Balaban J connectivity index is 2.08. The molecule has 0 spiro atoms. The number of esters is 1. The third-order valence-electron chi connectivity index (χ3n) is 4.83. The van der Waals surface area contributed by atoms with E-state index in [0.717, 1.165) is 40.2 Å². The Morgan fingerprint density at radius 1 is 1.14 bits per heavy atom. The molecule has 1 saturated heterocycles. The highest BCUT2D eigenvalue weighted by molar-refractivity contribution is 7.07. The minimum atomic E-state index is -3.28. The highest BCUT2D eigenvalue weighted by atomic mass is 32.1. The van der Waals surface area contributed by atoms with Gasteiger partial charge in [0.1, 0.15) is 22.7 Å². The van der Waals surface area contributed by atoms with Crippen LogP contribution in [0.4, 0.5) is 17.6 Å². The second-order valence-electron chi connectivity index (χ2n) is 7.19. The second kappa shape index (κ2) is 12.5. The number of halogens is 4. The van der Waals surface area contributed by atoms with Crippen LogP contribution in [-0.2, 0) is 25.6 Å². The monoisotopic (exact) mass is 534 g/mol. The quantitative estimate of drug-likeness (QED) is 0.352. The fraction of sp³-hybridized carbons (Fsp3) is 0.409. The lowest BCUT2D eigenvalue weighted by Gasteiger charge is -2.26. The number of amides is 1. The van der Waals surface area contributed by atoms with Crippen molar-refractivity contribution in [3.8, 4) is 11.5 Å². The summed E-state index contributed by atoms with van der Waals surface area (Å²) in [6, 6.07) is 3.09. The smallest absolute Gasteiger partial charge is 0.387 e. The molecule has 1 aromatic heterocycles. The highest BCUT2D eigenvalue weighted by Gasteiger charge is 2.20. The van der Waals surface area contributed by atoms with Crippen molar-refractivity contribution in [2.45, 2.75) is 26.7 Å². The molecule has 9 nitrogen and oxygen atoms in total. The topological polar surface area (TPSA) is 96.3 Å². The summed E-state index contributed by atoms with van der Waals surface area (Å²) in [6.07, 6.45) is 2.24. The molecule has 14 heteroatoms. The van der Waals surface area contributed by atoms with E-state index < -0.39 is 36.3 Å². The molecular weight excluding hydrogens is 512 g/mol. The number of hydrogen-bond acceptors (Lipinski definition) is 8. The molecule has 3 rings (SSSR count). The maximum atomic E-state index is 13.2. The van der Waals surface area contributed by atoms with Crippen LogP contribution in [0.2, 0.25) is 0 Å². The summed E-state index contributed by atoms with van der Waals surface area (Å²) in [7, 11) is 0. The zero-order chi connectivity index (χ0) is 26.2. The van der Waals surface area contributed by atoms with Gasteiger partial charge in [-0.2, -0.15) is 17.6 Å². The zero-order valence-electron chi connectivity index (χ0n) is 19.0. The van der Waals surface area contributed by atoms with Crippen LogP contribution in [0.1, 0.15) is 12.5 Å². The average Bonchev–Trinajstić information content (AvgIpc) is 3.09. The molecule has 0 radical (unpaired) electrons. The molecule has 1 amide bonds. The maximum absolute atomic E-state index is 13.2. The predicted molar refractivity (Wildman–Crippen MR) is 120 cm³/mol. The molecule has 2 heterocycles. The summed E-state index contributed by atoms with van der Waals surface area (Å²) in [5, 5.41) is 0. The number of aromatic nitrogens is 1. The van der Waals surface area contributed by atoms with Gasteiger partial charge in [-0.3, -0.25) is 14.2 Å². The summed E-state index contributed by atoms with van der Waals surface area (Å²) in [4.78, 5) is 39.5. The number of rotatable bonds is 9. The second-order valence-corrected chi connectivity index (χ2v) is 8.25. The van der Waals surface area contributed by atoms with Crippen LogP contribution in [0, 0.1) is 0 Å². The van der Waals surface area contributed by atoms with Crippen molar-refractivity contribution in [2.75, 3.05) is 32.9 Å². The number of carbonyl (C=O) groups excluding carboxylic acids is 2. The molecule has 1 aromatic carbocycles. The molecule has 1 aliphatic rings. The predicted octanol–water partition coefficient (Wildman–Crippen LogP) is 1.14. The van der Waals surface area contributed by atoms with Gasteiger partial charge in [-0.15, -0.1) is 11.3 Å². The first-order chi connectivity index (χ1) is 17.2. The van der Waals surface area contributed by atoms with E-state index in [1.807, 2.05) is 0 Å². The molecule has 1 aliphatic heterocycles.